The summed E-state index contributed by atoms with van der Waals surface area (Å²) in [5.41, 5.74) is 6.97. The molecular weight excluding hydrogens is 228 g/mol. The van der Waals surface area contributed by atoms with Crippen LogP contribution in [0.4, 0.5) is 0 Å². The molecule has 0 unspecified atom stereocenters. The Hall–Kier alpha value is -1.52. The van der Waals surface area contributed by atoms with Gasteiger partial charge in [-0.25, -0.2) is 4.68 Å². The summed E-state index contributed by atoms with van der Waals surface area (Å²) in [4.78, 5) is 0. The van der Waals surface area contributed by atoms with Crippen molar-refractivity contribution in [3.05, 3.63) is 11.3 Å². The molecule has 0 bridgehead atoms. The zero-order chi connectivity index (χ0) is 13.1. The van der Waals surface area contributed by atoms with Gasteiger partial charge in [-0.2, -0.15) is 5.10 Å². The maximum atomic E-state index is 7.60. The van der Waals surface area contributed by atoms with E-state index in [1.54, 1.807) is 4.68 Å². The largest absolute Gasteiger partial charge is 0.477 e. The molecule has 5 nitrogen and oxygen atoms in total. The Morgan fingerprint density at radius 1 is 1.44 bits per heavy atom. The quantitative estimate of drug-likeness (QED) is 0.633. The topological polar surface area (TPSA) is 76.9 Å². The van der Waals surface area contributed by atoms with Crippen LogP contribution in [-0.2, 0) is 7.05 Å². The van der Waals surface area contributed by atoms with Gasteiger partial charge in [0, 0.05) is 7.05 Å². The van der Waals surface area contributed by atoms with Crippen LogP contribution >= 0.6 is 0 Å². The van der Waals surface area contributed by atoms with Crippen molar-refractivity contribution in [2.24, 2.45) is 18.7 Å². The second-order valence-electron chi connectivity index (χ2n) is 5.12. The fourth-order valence-corrected chi connectivity index (χ4v) is 2.66. The van der Waals surface area contributed by atoms with Crippen molar-refractivity contribution in [3.8, 4) is 5.88 Å². The molecule has 2 rings (SSSR count). The fraction of sp³-hybridized carbons (Fsp3) is 0.692. The number of aromatic nitrogens is 2. The number of aryl methyl sites for hydroxylation is 2. The van der Waals surface area contributed by atoms with Gasteiger partial charge >= 0.3 is 0 Å². The molecule has 0 aromatic carbocycles. The van der Waals surface area contributed by atoms with E-state index in [0.717, 1.165) is 5.69 Å². The summed E-state index contributed by atoms with van der Waals surface area (Å²) in [5, 5.41) is 11.9. The number of nitrogens with zero attached hydrogens (tertiary/aromatic N) is 2. The first-order valence-electron chi connectivity index (χ1n) is 6.60. The monoisotopic (exact) mass is 250 g/mol. The molecule has 1 aromatic heterocycles. The molecule has 0 saturated heterocycles. The van der Waals surface area contributed by atoms with Crippen molar-refractivity contribution in [1.29, 1.82) is 5.41 Å². The molecule has 1 aliphatic rings. The van der Waals surface area contributed by atoms with Crippen LogP contribution in [0, 0.1) is 18.3 Å². The van der Waals surface area contributed by atoms with Crippen LogP contribution in [-0.4, -0.2) is 22.2 Å². The molecular formula is C13H22N4O. The Kier molecular flexibility index (Phi) is 3.89. The van der Waals surface area contributed by atoms with E-state index in [0.29, 0.717) is 24.0 Å². The minimum atomic E-state index is 0.0271. The lowest BCUT2D eigenvalue weighted by Crippen LogP contribution is -2.19. The molecule has 100 valence electrons. The van der Waals surface area contributed by atoms with Crippen molar-refractivity contribution >= 4 is 5.84 Å². The third-order valence-corrected chi connectivity index (χ3v) is 3.62. The predicted molar refractivity (Wildman–Crippen MR) is 71.0 cm³/mol. The second-order valence-corrected chi connectivity index (χ2v) is 5.12. The predicted octanol–water partition coefficient (Wildman–Crippen LogP) is 1.97. The number of nitrogens with one attached hydrogen (secondary N) is 1. The zero-order valence-electron chi connectivity index (χ0n) is 11.2. The number of hydrogen-bond donors (Lipinski definition) is 2. The number of nitrogen functional groups attached to an aromatic ring is 1. The average Bonchev–Trinajstić information content (AvgIpc) is 2.62. The van der Waals surface area contributed by atoms with Gasteiger partial charge in [-0.05, 0) is 25.7 Å². The van der Waals surface area contributed by atoms with Crippen molar-refractivity contribution in [2.75, 3.05) is 6.61 Å². The van der Waals surface area contributed by atoms with Gasteiger partial charge < -0.3 is 10.5 Å². The normalized spacial score (nSPS) is 16.8. The van der Waals surface area contributed by atoms with E-state index in [2.05, 4.69) is 5.10 Å². The van der Waals surface area contributed by atoms with Gasteiger partial charge in [0.05, 0.1) is 12.3 Å². The van der Waals surface area contributed by atoms with E-state index < -0.39 is 0 Å². The molecule has 0 radical (unpaired) electrons. The summed E-state index contributed by atoms with van der Waals surface area (Å²) < 4.78 is 7.54. The highest BCUT2D eigenvalue weighted by atomic mass is 16.5. The SMILES string of the molecule is Cc1nn(C)c(OCC2CCCCC2)c1C(=N)N. The molecule has 5 heteroatoms. The number of amidine groups is 1. The number of ether oxygens (including phenoxy) is 1. The molecule has 1 aliphatic carbocycles. The molecule has 0 amide bonds. The van der Waals surface area contributed by atoms with Crippen molar-refractivity contribution in [1.82, 2.24) is 9.78 Å². The van der Waals surface area contributed by atoms with Crippen LogP contribution in [0.3, 0.4) is 0 Å². The van der Waals surface area contributed by atoms with Crippen LogP contribution in [0.5, 0.6) is 5.88 Å². The molecule has 1 fully saturated rings. The summed E-state index contributed by atoms with van der Waals surface area (Å²) >= 11 is 0. The van der Waals surface area contributed by atoms with Crippen LogP contribution in [0.2, 0.25) is 0 Å². The van der Waals surface area contributed by atoms with Gasteiger partial charge in [-0.3, -0.25) is 5.41 Å². The van der Waals surface area contributed by atoms with Crippen molar-refractivity contribution < 1.29 is 4.74 Å². The maximum Gasteiger partial charge on any atom is 0.223 e. The van der Waals surface area contributed by atoms with E-state index in [4.69, 9.17) is 15.9 Å². The molecule has 0 spiro atoms. The lowest BCUT2D eigenvalue weighted by Gasteiger charge is -2.21. The van der Waals surface area contributed by atoms with Crippen molar-refractivity contribution in [2.45, 2.75) is 39.0 Å². The third-order valence-electron chi connectivity index (χ3n) is 3.62. The standard InChI is InChI=1S/C13H22N4O/c1-9-11(12(14)15)13(17(2)16-9)18-8-10-6-4-3-5-7-10/h10H,3-8H2,1-2H3,(H3,14,15). The lowest BCUT2D eigenvalue weighted by atomic mass is 9.90. The summed E-state index contributed by atoms with van der Waals surface area (Å²) in [5.74, 6) is 1.29. The van der Waals surface area contributed by atoms with Gasteiger partial charge in [0.1, 0.15) is 11.4 Å². The molecule has 0 aliphatic heterocycles. The lowest BCUT2D eigenvalue weighted by molar-refractivity contribution is 0.196. The Balaban J connectivity index is 2.06. The van der Waals surface area contributed by atoms with E-state index in [-0.39, 0.29) is 5.84 Å². The van der Waals surface area contributed by atoms with Crippen LogP contribution in [0.25, 0.3) is 0 Å². The highest BCUT2D eigenvalue weighted by Gasteiger charge is 2.20. The summed E-state index contributed by atoms with van der Waals surface area (Å²) in [6.45, 7) is 2.56. The van der Waals surface area contributed by atoms with E-state index in [1.807, 2.05) is 14.0 Å². The van der Waals surface area contributed by atoms with Gasteiger partial charge in [0.15, 0.2) is 0 Å². The molecule has 1 aromatic rings. The zero-order valence-corrected chi connectivity index (χ0v) is 11.2. The van der Waals surface area contributed by atoms with Gasteiger partial charge in [0.2, 0.25) is 5.88 Å². The highest BCUT2D eigenvalue weighted by molar-refractivity contribution is 5.98. The molecule has 3 N–H and O–H groups in total. The first-order chi connectivity index (χ1) is 8.59. The number of nitrogens with two attached hydrogens (primary N) is 1. The number of hydrogen-bond acceptors (Lipinski definition) is 3. The van der Waals surface area contributed by atoms with Gasteiger partial charge in [-0.15, -0.1) is 0 Å². The third kappa shape index (κ3) is 2.66. The summed E-state index contributed by atoms with van der Waals surface area (Å²) in [6.07, 6.45) is 6.44. The Labute approximate surface area is 108 Å². The van der Waals surface area contributed by atoms with E-state index >= 15 is 0 Å². The fourth-order valence-electron chi connectivity index (χ4n) is 2.66. The summed E-state index contributed by atoms with van der Waals surface area (Å²) in [6, 6.07) is 0. The molecule has 18 heavy (non-hydrogen) atoms. The van der Waals surface area contributed by atoms with Crippen LogP contribution in [0.1, 0.15) is 43.4 Å². The first kappa shape index (κ1) is 12.9. The Morgan fingerprint density at radius 2 is 2.11 bits per heavy atom. The molecule has 1 saturated carbocycles. The van der Waals surface area contributed by atoms with Crippen LogP contribution < -0.4 is 10.5 Å². The maximum absolute atomic E-state index is 7.60. The van der Waals surface area contributed by atoms with Crippen LogP contribution in [0.15, 0.2) is 0 Å². The smallest absolute Gasteiger partial charge is 0.223 e. The van der Waals surface area contributed by atoms with Crippen molar-refractivity contribution in [3.63, 3.8) is 0 Å². The highest BCUT2D eigenvalue weighted by Crippen LogP contribution is 2.26. The van der Waals surface area contributed by atoms with E-state index in [1.165, 1.54) is 32.1 Å². The van der Waals surface area contributed by atoms with E-state index in [9.17, 15) is 0 Å². The second kappa shape index (κ2) is 5.42. The average molecular weight is 250 g/mol. The summed E-state index contributed by atoms with van der Waals surface area (Å²) in [7, 11) is 1.83. The minimum Gasteiger partial charge on any atom is -0.477 e. The minimum absolute atomic E-state index is 0.0271. The first-order valence-corrected chi connectivity index (χ1v) is 6.60. The van der Waals surface area contributed by atoms with Gasteiger partial charge in [-0.1, -0.05) is 19.3 Å². The Morgan fingerprint density at radius 3 is 2.72 bits per heavy atom. The number of rotatable bonds is 4. The molecule has 0 atom stereocenters. The Bertz CT molecular complexity index is 432. The molecule has 1 heterocycles. The van der Waals surface area contributed by atoms with Gasteiger partial charge in [0.25, 0.3) is 0 Å².